The summed E-state index contributed by atoms with van der Waals surface area (Å²) in [5.74, 6) is 0.729. The van der Waals surface area contributed by atoms with Crippen molar-refractivity contribution in [2.45, 2.75) is 33.2 Å². The summed E-state index contributed by atoms with van der Waals surface area (Å²) in [5, 5.41) is 3.34. The minimum absolute atomic E-state index is 0.560. The van der Waals surface area contributed by atoms with Crippen LogP contribution < -0.4 is 10.2 Å². The molecule has 1 N–H and O–H groups in total. The summed E-state index contributed by atoms with van der Waals surface area (Å²) in [6.07, 6.45) is 1.14. The Balaban J connectivity index is 1.63. The Kier molecular flexibility index (Phi) is 3.78. The molecule has 1 unspecified atom stereocenters. The molecule has 4 heteroatoms. The third-order valence-electron chi connectivity index (χ3n) is 3.97. The van der Waals surface area contributed by atoms with Crippen LogP contribution in [0.15, 0.2) is 30.3 Å². The highest BCUT2D eigenvalue weighted by molar-refractivity contribution is 5.59. The zero-order valence-corrected chi connectivity index (χ0v) is 12.9. The number of hydrogen-bond donors (Lipinski definition) is 1. The number of aryl methyl sites for hydroxylation is 2. The largest absolute Gasteiger partial charge is 0.367 e. The number of nitrogens with zero attached hydrogens (tertiary/aromatic N) is 3. The van der Waals surface area contributed by atoms with Gasteiger partial charge in [0.25, 0.3) is 0 Å². The molecule has 1 aliphatic heterocycles. The highest BCUT2D eigenvalue weighted by atomic mass is 15.2. The van der Waals surface area contributed by atoms with Gasteiger partial charge in [-0.1, -0.05) is 18.2 Å². The highest BCUT2D eigenvalue weighted by Crippen LogP contribution is 2.31. The van der Waals surface area contributed by atoms with Crippen LogP contribution >= 0.6 is 0 Å². The van der Waals surface area contributed by atoms with Crippen molar-refractivity contribution in [3.8, 4) is 0 Å². The summed E-state index contributed by atoms with van der Waals surface area (Å²) < 4.78 is 0. The van der Waals surface area contributed by atoms with E-state index in [4.69, 9.17) is 0 Å². The van der Waals surface area contributed by atoms with Gasteiger partial charge in [-0.2, -0.15) is 0 Å². The fraction of sp³-hybridized carbons (Fsp3) is 0.412. The predicted molar refractivity (Wildman–Crippen MR) is 86.9 cm³/mol. The smallest absolute Gasteiger partial charge is 0.223 e. The van der Waals surface area contributed by atoms with E-state index in [1.165, 1.54) is 11.3 Å². The van der Waals surface area contributed by atoms with Crippen molar-refractivity contribution < 1.29 is 0 Å². The first-order chi connectivity index (χ1) is 10.1. The molecule has 0 bridgehead atoms. The summed E-state index contributed by atoms with van der Waals surface area (Å²) in [7, 11) is 0. The average molecular weight is 282 g/mol. The van der Waals surface area contributed by atoms with Gasteiger partial charge in [0, 0.05) is 36.2 Å². The fourth-order valence-corrected chi connectivity index (χ4v) is 3.06. The lowest BCUT2D eigenvalue weighted by Gasteiger charge is -2.25. The van der Waals surface area contributed by atoms with Crippen LogP contribution in [0.2, 0.25) is 0 Å². The zero-order chi connectivity index (χ0) is 14.8. The Labute approximate surface area is 126 Å². The molecule has 3 rings (SSSR count). The van der Waals surface area contributed by atoms with Gasteiger partial charge >= 0.3 is 0 Å². The Morgan fingerprint density at radius 1 is 1.19 bits per heavy atom. The zero-order valence-electron chi connectivity index (χ0n) is 12.9. The van der Waals surface area contributed by atoms with Crippen molar-refractivity contribution in [3.63, 3.8) is 0 Å². The molecule has 1 aromatic heterocycles. The number of rotatable bonds is 4. The molecule has 110 valence electrons. The number of para-hydroxylation sites is 1. The second-order valence-corrected chi connectivity index (χ2v) is 5.78. The van der Waals surface area contributed by atoms with Gasteiger partial charge in [0.2, 0.25) is 5.95 Å². The lowest BCUT2D eigenvalue weighted by atomic mass is 10.1. The molecular formula is C17H22N4. The Bertz CT molecular complexity index is 618. The molecule has 0 aliphatic carbocycles. The summed E-state index contributed by atoms with van der Waals surface area (Å²) in [4.78, 5) is 11.3. The first-order valence-corrected chi connectivity index (χ1v) is 7.54. The minimum Gasteiger partial charge on any atom is -0.367 e. The molecule has 4 nitrogen and oxygen atoms in total. The van der Waals surface area contributed by atoms with Crippen LogP contribution in [0.5, 0.6) is 0 Å². The van der Waals surface area contributed by atoms with E-state index < -0.39 is 0 Å². The van der Waals surface area contributed by atoms with E-state index in [0.717, 1.165) is 36.8 Å². The van der Waals surface area contributed by atoms with Gasteiger partial charge in [-0.05, 0) is 44.9 Å². The minimum atomic E-state index is 0.560. The maximum atomic E-state index is 4.42. The van der Waals surface area contributed by atoms with Gasteiger partial charge in [-0.3, -0.25) is 0 Å². The average Bonchev–Trinajstić information content (AvgIpc) is 2.74. The molecule has 0 saturated heterocycles. The standard InChI is InChI=1S/C17H22N4/c1-12-10-13(2)20-17(19-12)18-8-9-21-14(3)11-15-6-4-5-7-16(15)21/h4-7,10,14H,8-9,11H2,1-3H3,(H,18,19,20). The van der Waals surface area contributed by atoms with E-state index >= 15 is 0 Å². The molecule has 0 radical (unpaired) electrons. The second-order valence-electron chi connectivity index (χ2n) is 5.78. The molecule has 21 heavy (non-hydrogen) atoms. The highest BCUT2D eigenvalue weighted by Gasteiger charge is 2.24. The lowest BCUT2D eigenvalue weighted by molar-refractivity contribution is 0.679. The van der Waals surface area contributed by atoms with Gasteiger partial charge in [0.15, 0.2) is 0 Å². The van der Waals surface area contributed by atoms with E-state index in [1.807, 2.05) is 19.9 Å². The van der Waals surface area contributed by atoms with E-state index in [-0.39, 0.29) is 0 Å². The summed E-state index contributed by atoms with van der Waals surface area (Å²) in [5.41, 5.74) is 4.83. The first-order valence-electron chi connectivity index (χ1n) is 7.54. The quantitative estimate of drug-likeness (QED) is 0.936. The number of fused-ring (bicyclic) bond motifs is 1. The van der Waals surface area contributed by atoms with Crippen molar-refractivity contribution in [1.29, 1.82) is 0 Å². The molecule has 2 aromatic rings. The van der Waals surface area contributed by atoms with E-state index in [9.17, 15) is 0 Å². The first kappa shape index (κ1) is 13.9. The molecule has 1 aromatic carbocycles. The van der Waals surface area contributed by atoms with Gasteiger partial charge in [0.1, 0.15) is 0 Å². The monoisotopic (exact) mass is 282 g/mol. The summed E-state index contributed by atoms with van der Waals surface area (Å²) in [6.45, 7) is 8.10. The van der Waals surface area contributed by atoms with Crippen molar-refractivity contribution in [2.75, 3.05) is 23.3 Å². The van der Waals surface area contributed by atoms with Gasteiger partial charge in [-0.15, -0.1) is 0 Å². The molecular weight excluding hydrogens is 260 g/mol. The summed E-state index contributed by atoms with van der Waals surface area (Å²) in [6, 6.07) is 11.2. The van der Waals surface area contributed by atoms with Crippen LogP contribution in [0, 0.1) is 13.8 Å². The van der Waals surface area contributed by atoms with E-state index in [1.54, 1.807) is 0 Å². The normalized spacial score (nSPS) is 16.9. The SMILES string of the molecule is Cc1cc(C)nc(NCCN2c3ccccc3CC2C)n1. The van der Waals surface area contributed by atoms with E-state index in [0.29, 0.717) is 6.04 Å². The maximum absolute atomic E-state index is 4.42. The third kappa shape index (κ3) is 2.99. The van der Waals surface area contributed by atoms with Gasteiger partial charge in [0.05, 0.1) is 0 Å². The Morgan fingerprint density at radius 3 is 2.67 bits per heavy atom. The van der Waals surface area contributed by atoms with Crippen LogP contribution in [0.4, 0.5) is 11.6 Å². The van der Waals surface area contributed by atoms with Crippen LogP contribution in [0.1, 0.15) is 23.9 Å². The molecule has 0 saturated carbocycles. The molecule has 2 heterocycles. The maximum Gasteiger partial charge on any atom is 0.223 e. The van der Waals surface area contributed by atoms with Crippen molar-refractivity contribution in [2.24, 2.45) is 0 Å². The Hall–Kier alpha value is -2.10. The van der Waals surface area contributed by atoms with Gasteiger partial charge in [-0.25, -0.2) is 9.97 Å². The van der Waals surface area contributed by atoms with Gasteiger partial charge < -0.3 is 10.2 Å². The van der Waals surface area contributed by atoms with Crippen LogP contribution in [-0.4, -0.2) is 29.1 Å². The number of nitrogens with one attached hydrogen (secondary N) is 1. The number of anilines is 2. The van der Waals surface area contributed by atoms with Crippen molar-refractivity contribution >= 4 is 11.6 Å². The molecule has 1 aliphatic rings. The molecule has 0 fully saturated rings. The fourth-order valence-electron chi connectivity index (χ4n) is 3.06. The van der Waals surface area contributed by atoms with Crippen LogP contribution in [0.25, 0.3) is 0 Å². The van der Waals surface area contributed by atoms with Crippen molar-refractivity contribution in [1.82, 2.24) is 9.97 Å². The van der Waals surface area contributed by atoms with Crippen molar-refractivity contribution in [3.05, 3.63) is 47.3 Å². The molecule has 1 atom stereocenters. The van der Waals surface area contributed by atoms with Crippen LogP contribution in [0.3, 0.4) is 0 Å². The Morgan fingerprint density at radius 2 is 1.90 bits per heavy atom. The number of aromatic nitrogens is 2. The predicted octanol–water partition coefficient (Wildman–Crippen LogP) is 2.96. The molecule has 0 amide bonds. The summed E-state index contributed by atoms with van der Waals surface area (Å²) >= 11 is 0. The molecule has 0 spiro atoms. The third-order valence-corrected chi connectivity index (χ3v) is 3.97. The van der Waals surface area contributed by atoms with E-state index in [2.05, 4.69) is 51.4 Å². The van der Waals surface area contributed by atoms with Crippen LogP contribution in [-0.2, 0) is 6.42 Å². The number of hydrogen-bond acceptors (Lipinski definition) is 4. The second kappa shape index (κ2) is 5.72. The number of benzene rings is 1. The topological polar surface area (TPSA) is 41.1 Å². The lowest BCUT2D eigenvalue weighted by Crippen LogP contribution is -2.33.